The van der Waals surface area contributed by atoms with Crippen LogP contribution in [0.4, 0.5) is 11.4 Å². The molecule has 0 bridgehead atoms. The quantitative estimate of drug-likeness (QED) is 0.794. The molecule has 0 unspecified atom stereocenters. The summed E-state index contributed by atoms with van der Waals surface area (Å²) < 4.78 is 0. The molecule has 94 valence electrons. The van der Waals surface area contributed by atoms with Crippen LogP contribution < -0.4 is 10.2 Å². The molecule has 0 aromatic heterocycles. The Hall–Kier alpha value is -2.17. The molecule has 0 saturated heterocycles. The van der Waals surface area contributed by atoms with Crippen molar-refractivity contribution in [3.8, 4) is 0 Å². The molecule has 2 amide bonds. The van der Waals surface area contributed by atoms with Gasteiger partial charge in [0.05, 0.1) is 5.69 Å². The van der Waals surface area contributed by atoms with Crippen LogP contribution in [-0.2, 0) is 20.8 Å². The van der Waals surface area contributed by atoms with E-state index in [1.807, 2.05) is 6.07 Å². The predicted molar refractivity (Wildman–Crippen MR) is 67.5 cm³/mol. The maximum atomic E-state index is 11.8. The van der Waals surface area contributed by atoms with E-state index < -0.39 is 11.7 Å². The minimum Gasteiger partial charge on any atom is -0.388 e. The van der Waals surface area contributed by atoms with E-state index in [4.69, 9.17) is 0 Å². The van der Waals surface area contributed by atoms with Crippen molar-refractivity contribution in [2.45, 2.75) is 19.8 Å². The van der Waals surface area contributed by atoms with Crippen molar-refractivity contribution in [1.82, 2.24) is 0 Å². The summed E-state index contributed by atoms with van der Waals surface area (Å²) >= 11 is 0. The molecule has 0 atom stereocenters. The van der Waals surface area contributed by atoms with Gasteiger partial charge in [-0.1, -0.05) is 0 Å². The standard InChI is InChI=1S/C13H14N2O3/c1-8(16)13(18)15-11-5-4-10(14-2)7-9(11)3-6-12(15)17/h4-5,7,14H,3,6H2,1-2H3. The number of nitrogens with one attached hydrogen (secondary N) is 1. The Kier molecular flexibility index (Phi) is 3.14. The predicted octanol–water partition coefficient (Wildman–Crippen LogP) is 1.12. The van der Waals surface area contributed by atoms with Crippen LogP contribution in [0, 0.1) is 0 Å². The molecule has 1 aromatic rings. The molecule has 5 heteroatoms. The molecule has 1 N–H and O–H groups in total. The molecule has 1 aromatic carbocycles. The van der Waals surface area contributed by atoms with Gasteiger partial charge in [-0.2, -0.15) is 0 Å². The number of hydrogen-bond donors (Lipinski definition) is 1. The van der Waals surface area contributed by atoms with Gasteiger partial charge in [-0.05, 0) is 30.2 Å². The average Bonchev–Trinajstić information content (AvgIpc) is 2.37. The van der Waals surface area contributed by atoms with Crippen LogP contribution in [0.25, 0.3) is 0 Å². The second-order valence-electron chi connectivity index (χ2n) is 4.18. The van der Waals surface area contributed by atoms with Gasteiger partial charge < -0.3 is 5.32 Å². The highest BCUT2D eigenvalue weighted by molar-refractivity contribution is 6.45. The van der Waals surface area contributed by atoms with Gasteiger partial charge in [-0.15, -0.1) is 0 Å². The van der Waals surface area contributed by atoms with Crippen molar-refractivity contribution < 1.29 is 14.4 Å². The first kappa shape index (κ1) is 12.3. The Morgan fingerprint density at radius 1 is 1.28 bits per heavy atom. The van der Waals surface area contributed by atoms with Gasteiger partial charge in [0.15, 0.2) is 0 Å². The Labute approximate surface area is 105 Å². The van der Waals surface area contributed by atoms with Crippen molar-refractivity contribution in [1.29, 1.82) is 0 Å². The third kappa shape index (κ3) is 1.99. The summed E-state index contributed by atoms with van der Waals surface area (Å²) in [6.07, 6.45) is 0.838. The first-order chi connectivity index (χ1) is 8.54. The van der Waals surface area contributed by atoms with Crippen LogP contribution >= 0.6 is 0 Å². The van der Waals surface area contributed by atoms with E-state index in [0.717, 1.165) is 16.2 Å². The number of carbonyl (C=O) groups is 3. The molecular formula is C13H14N2O3. The Balaban J connectivity index is 2.48. The van der Waals surface area contributed by atoms with E-state index >= 15 is 0 Å². The highest BCUT2D eigenvalue weighted by Crippen LogP contribution is 2.30. The van der Waals surface area contributed by atoms with E-state index in [-0.39, 0.29) is 12.3 Å². The molecular weight excluding hydrogens is 232 g/mol. The van der Waals surface area contributed by atoms with E-state index in [0.29, 0.717) is 12.1 Å². The highest BCUT2D eigenvalue weighted by Gasteiger charge is 2.31. The number of fused-ring (bicyclic) bond motifs is 1. The van der Waals surface area contributed by atoms with E-state index in [1.165, 1.54) is 6.92 Å². The molecule has 0 spiro atoms. The smallest absolute Gasteiger partial charge is 0.300 e. The molecule has 1 aliphatic heterocycles. The molecule has 1 aliphatic rings. The van der Waals surface area contributed by atoms with Gasteiger partial charge in [-0.3, -0.25) is 14.4 Å². The van der Waals surface area contributed by atoms with E-state index in [2.05, 4.69) is 5.32 Å². The zero-order valence-electron chi connectivity index (χ0n) is 10.3. The van der Waals surface area contributed by atoms with Crippen molar-refractivity contribution in [3.05, 3.63) is 23.8 Å². The Morgan fingerprint density at radius 3 is 2.61 bits per heavy atom. The lowest BCUT2D eigenvalue weighted by Crippen LogP contribution is -2.43. The number of ketones is 1. The fourth-order valence-corrected chi connectivity index (χ4v) is 2.03. The summed E-state index contributed by atoms with van der Waals surface area (Å²) in [5.41, 5.74) is 2.33. The first-order valence-electron chi connectivity index (χ1n) is 5.73. The van der Waals surface area contributed by atoms with Gasteiger partial charge >= 0.3 is 5.91 Å². The number of nitrogens with zero attached hydrogens (tertiary/aromatic N) is 1. The van der Waals surface area contributed by atoms with Crippen molar-refractivity contribution in [2.24, 2.45) is 0 Å². The summed E-state index contributed by atoms with van der Waals surface area (Å²) in [6.45, 7) is 1.17. The number of anilines is 2. The molecule has 0 saturated carbocycles. The summed E-state index contributed by atoms with van der Waals surface area (Å²) in [5, 5.41) is 3.00. The monoisotopic (exact) mass is 246 g/mol. The maximum Gasteiger partial charge on any atom is 0.300 e. The van der Waals surface area contributed by atoms with Crippen molar-refractivity contribution in [2.75, 3.05) is 17.3 Å². The van der Waals surface area contributed by atoms with Crippen LogP contribution in [0.5, 0.6) is 0 Å². The largest absolute Gasteiger partial charge is 0.388 e. The Morgan fingerprint density at radius 2 is 2.00 bits per heavy atom. The van der Waals surface area contributed by atoms with Gasteiger partial charge in [0.25, 0.3) is 0 Å². The third-order valence-electron chi connectivity index (χ3n) is 2.97. The number of imide groups is 1. The molecule has 18 heavy (non-hydrogen) atoms. The lowest BCUT2D eigenvalue weighted by Gasteiger charge is -2.27. The minimum absolute atomic E-state index is 0.249. The zero-order valence-corrected chi connectivity index (χ0v) is 10.3. The number of rotatable bonds is 2. The van der Waals surface area contributed by atoms with Gasteiger partial charge in [0.2, 0.25) is 11.7 Å². The average molecular weight is 246 g/mol. The van der Waals surface area contributed by atoms with Crippen LogP contribution in [0.3, 0.4) is 0 Å². The topological polar surface area (TPSA) is 66.5 Å². The molecule has 0 radical (unpaired) electrons. The maximum absolute atomic E-state index is 11.8. The van der Waals surface area contributed by atoms with Crippen LogP contribution in [-0.4, -0.2) is 24.6 Å². The number of amides is 2. The number of carbonyl (C=O) groups excluding carboxylic acids is 3. The lowest BCUT2D eigenvalue weighted by molar-refractivity contribution is -0.137. The van der Waals surface area contributed by atoms with Crippen LogP contribution in [0.15, 0.2) is 18.2 Å². The van der Waals surface area contributed by atoms with Gasteiger partial charge in [-0.25, -0.2) is 4.90 Å². The second-order valence-corrected chi connectivity index (χ2v) is 4.18. The Bertz CT molecular complexity index is 537. The fraction of sp³-hybridized carbons (Fsp3) is 0.308. The number of benzene rings is 1. The summed E-state index contributed by atoms with van der Waals surface area (Å²) in [4.78, 5) is 35.7. The lowest BCUT2D eigenvalue weighted by atomic mass is 10.00. The fourth-order valence-electron chi connectivity index (χ4n) is 2.03. The van der Waals surface area contributed by atoms with E-state index in [9.17, 15) is 14.4 Å². The molecule has 0 aliphatic carbocycles. The normalized spacial score (nSPS) is 14.1. The third-order valence-corrected chi connectivity index (χ3v) is 2.97. The molecule has 0 fully saturated rings. The zero-order chi connectivity index (χ0) is 13.3. The van der Waals surface area contributed by atoms with Crippen molar-refractivity contribution in [3.63, 3.8) is 0 Å². The van der Waals surface area contributed by atoms with Gasteiger partial charge in [0, 0.05) is 26.1 Å². The second kappa shape index (κ2) is 4.60. The first-order valence-corrected chi connectivity index (χ1v) is 5.73. The van der Waals surface area contributed by atoms with Gasteiger partial charge in [0.1, 0.15) is 0 Å². The number of aryl methyl sites for hydroxylation is 1. The van der Waals surface area contributed by atoms with E-state index in [1.54, 1.807) is 19.2 Å². The van der Waals surface area contributed by atoms with Crippen molar-refractivity contribution >= 4 is 29.0 Å². The summed E-state index contributed by atoms with van der Waals surface area (Å²) in [6, 6.07) is 5.36. The summed E-state index contributed by atoms with van der Waals surface area (Å²) in [5.74, 6) is -1.72. The highest BCUT2D eigenvalue weighted by atomic mass is 16.2. The number of hydrogen-bond acceptors (Lipinski definition) is 4. The molecule has 1 heterocycles. The van der Waals surface area contributed by atoms with Crippen LogP contribution in [0.2, 0.25) is 0 Å². The minimum atomic E-state index is -0.766. The molecule has 5 nitrogen and oxygen atoms in total. The summed E-state index contributed by atoms with van der Waals surface area (Å²) in [7, 11) is 1.80. The SMILES string of the molecule is CNc1ccc2c(c1)CCC(=O)N2C(=O)C(C)=O. The van der Waals surface area contributed by atoms with Crippen LogP contribution in [0.1, 0.15) is 18.9 Å². The molecule has 2 rings (SSSR count). The number of Topliss-reactive ketones (excluding diaryl/α,β-unsaturated/α-hetero) is 1.